The number of ether oxygens (including phenoxy) is 3. The minimum atomic E-state index is -1.15. The molecule has 0 radical (unpaired) electrons. The number of hydrogen-bond donors (Lipinski definition) is 1. The Balaban J connectivity index is 2.69. The van der Waals surface area contributed by atoms with Crippen LogP contribution < -0.4 is 14.2 Å². The minimum Gasteiger partial charge on any atom is -0.492 e. The van der Waals surface area contributed by atoms with Crippen LogP contribution in [-0.2, 0) is 0 Å². The Morgan fingerprint density at radius 3 is 2.93 bits per heavy atom. The molecule has 0 aromatic carbocycles. The van der Waals surface area contributed by atoms with Crippen LogP contribution in [0.15, 0.2) is 4.60 Å². The number of carboxylic acid groups (broad SMARTS) is 1. The normalized spacial score (nSPS) is 12.7. The number of methoxy groups -OCH3 is 1. The molecule has 2 heterocycles. The lowest BCUT2D eigenvalue weighted by Crippen LogP contribution is -2.04. The number of rotatable bonds is 2. The van der Waals surface area contributed by atoms with Gasteiger partial charge in [-0.25, -0.2) is 9.78 Å². The highest BCUT2D eigenvalue weighted by Crippen LogP contribution is 2.44. The monoisotopic (exact) mass is 275 g/mol. The molecule has 1 aliphatic heterocycles. The first-order valence-electron chi connectivity index (χ1n) is 3.91. The number of fused-ring (bicyclic) bond motifs is 1. The van der Waals surface area contributed by atoms with Crippen molar-refractivity contribution in [1.29, 1.82) is 0 Å². The van der Waals surface area contributed by atoms with Gasteiger partial charge in [0.25, 0.3) is 5.88 Å². The molecule has 0 saturated heterocycles. The van der Waals surface area contributed by atoms with Gasteiger partial charge in [-0.15, -0.1) is 0 Å². The van der Waals surface area contributed by atoms with Crippen LogP contribution in [0.5, 0.6) is 17.4 Å². The molecular formula is C8H6BrNO5. The van der Waals surface area contributed by atoms with Crippen molar-refractivity contribution < 1.29 is 24.1 Å². The fraction of sp³-hybridized carbons (Fsp3) is 0.250. The maximum atomic E-state index is 11.0. The summed E-state index contributed by atoms with van der Waals surface area (Å²) in [4.78, 5) is 14.8. The van der Waals surface area contributed by atoms with Gasteiger partial charge in [0, 0.05) is 0 Å². The molecule has 15 heavy (non-hydrogen) atoms. The van der Waals surface area contributed by atoms with Gasteiger partial charge in [-0.2, -0.15) is 0 Å². The van der Waals surface area contributed by atoms with E-state index in [9.17, 15) is 4.79 Å². The molecule has 0 saturated carbocycles. The van der Waals surface area contributed by atoms with Crippen LogP contribution >= 0.6 is 15.9 Å². The molecule has 1 N–H and O–H groups in total. The molecule has 80 valence electrons. The van der Waals surface area contributed by atoms with E-state index in [-0.39, 0.29) is 34.3 Å². The Morgan fingerprint density at radius 2 is 2.33 bits per heavy atom. The quantitative estimate of drug-likeness (QED) is 0.820. The number of pyridine rings is 1. The summed E-state index contributed by atoms with van der Waals surface area (Å²) in [5, 5.41) is 8.96. The van der Waals surface area contributed by atoms with E-state index in [0.717, 1.165) is 0 Å². The van der Waals surface area contributed by atoms with E-state index in [4.69, 9.17) is 19.3 Å². The van der Waals surface area contributed by atoms with Crippen molar-refractivity contribution in [3.05, 3.63) is 10.2 Å². The second-order valence-electron chi connectivity index (χ2n) is 2.66. The maximum Gasteiger partial charge on any atom is 0.342 e. The van der Waals surface area contributed by atoms with Crippen molar-refractivity contribution >= 4 is 21.9 Å². The van der Waals surface area contributed by atoms with Gasteiger partial charge >= 0.3 is 5.97 Å². The molecule has 0 atom stereocenters. The summed E-state index contributed by atoms with van der Waals surface area (Å²) >= 11 is 3.03. The van der Waals surface area contributed by atoms with Gasteiger partial charge in [-0.05, 0) is 15.9 Å². The molecule has 1 aromatic heterocycles. The van der Waals surface area contributed by atoms with E-state index in [0.29, 0.717) is 0 Å². The van der Waals surface area contributed by atoms with E-state index < -0.39 is 5.97 Å². The van der Waals surface area contributed by atoms with E-state index in [1.807, 2.05) is 0 Å². The molecular weight excluding hydrogens is 270 g/mol. The van der Waals surface area contributed by atoms with Crippen molar-refractivity contribution in [2.75, 3.05) is 13.9 Å². The molecule has 7 heteroatoms. The SMILES string of the molecule is COc1c2c(nc(Br)c1C(=O)O)OCO2. The molecule has 6 nitrogen and oxygen atoms in total. The van der Waals surface area contributed by atoms with Gasteiger partial charge in [0.15, 0.2) is 5.75 Å². The van der Waals surface area contributed by atoms with Gasteiger partial charge in [-0.1, -0.05) is 0 Å². The summed E-state index contributed by atoms with van der Waals surface area (Å²) in [6, 6.07) is 0. The van der Waals surface area contributed by atoms with Crippen LogP contribution in [-0.4, -0.2) is 30.0 Å². The number of aromatic nitrogens is 1. The van der Waals surface area contributed by atoms with Crippen LogP contribution in [0.1, 0.15) is 10.4 Å². The topological polar surface area (TPSA) is 77.9 Å². The number of carbonyl (C=O) groups is 1. The van der Waals surface area contributed by atoms with Crippen molar-refractivity contribution in [3.63, 3.8) is 0 Å². The summed E-state index contributed by atoms with van der Waals surface area (Å²) in [6.07, 6.45) is 0. The lowest BCUT2D eigenvalue weighted by molar-refractivity contribution is 0.0691. The third-order valence-electron chi connectivity index (χ3n) is 1.85. The Bertz CT molecular complexity index is 434. The number of halogens is 1. The first-order chi connectivity index (χ1) is 7.15. The highest BCUT2D eigenvalue weighted by molar-refractivity contribution is 9.10. The van der Waals surface area contributed by atoms with Gasteiger partial charge in [-0.3, -0.25) is 0 Å². The van der Waals surface area contributed by atoms with Gasteiger partial charge in [0.1, 0.15) is 10.2 Å². The van der Waals surface area contributed by atoms with Crippen LogP contribution in [0, 0.1) is 0 Å². The molecule has 0 bridgehead atoms. The van der Waals surface area contributed by atoms with Crippen LogP contribution in [0.25, 0.3) is 0 Å². The van der Waals surface area contributed by atoms with Crippen molar-refractivity contribution in [2.45, 2.75) is 0 Å². The third kappa shape index (κ3) is 1.48. The second kappa shape index (κ2) is 3.58. The summed E-state index contributed by atoms with van der Waals surface area (Å²) in [7, 11) is 1.36. The van der Waals surface area contributed by atoms with Gasteiger partial charge < -0.3 is 19.3 Å². The van der Waals surface area contributed by atoms with Crippen molar-refractivity contribution in [1.82, 2.24) is 4.98 Å². The van der Waals surface area contributed by atoms with E-state index in [1.54, 1.807) is 0 Å². The lowest BCUT2D eigenvalue weighted by atomic mass is 10.2. The fourth-order valence-electron chi connectivity index (χ4n) is 1.25. The van der Waals surface area contributed by atoms with Crippen LogP contribution in [0.3, 0.4) is 0 Å². The second-order valence-corrected chi connectivity index (χ2v) is 3.41. The molecule has 1 aromatic rings. The van der Waals surface area contributed by atoms with Crippen molar-refractivity contribution in [3.8, 4) is 17.4 Å². The smallest absolute Gasteiger partial charge is 0.342 e. The summed E-state index contributed by atoms with van der Waals surface area (Å²) < 4.78 is 15.2. The zero-order chi connectivity index (χ0) is 11.0. The van der Waals surface area contributed by atoms with Crippen molar-refractivity contribution in [2.24, 2.45) is 0 Å². The summed E-state index contributed by atoms with van der Waals surface area (Å²) in [5.41, 5.74) is -0.0817. The van der Waals surface area contributed by atoms with E-state index in [2.05, 4.69) is 20.9 Å². The van der Waals surface area contributed by atoms with Gasteiger partial charge in [0.05, 0.1) is 7.11 Å². The molecule has 2 rings (SSSR count). The Morgan fingerprint density at radius 1 is 1.60 bits per heavy atom. The minimum absolute atomic E-state index is 0.00814. The molecule has 1 aliphatic rings. The molecule has 0 amide bonds. The highest BCUT2D eigenvalue weighted by atomic mass is 79.9. The molecule has 0 spiro atoms. The summed E-state index contributed by atoms with van der Waals surface area (Å²) in [5.74, 6) is -0.594. The lowest BCUT2D eigenvalue weighted by Gasteiger charge is -2.08. The van der Waals surface area contributed by atoms with E-state index in [1.165, 1.54) is 7.11 Å². The Hall–Kier alpha value is -1.50. The maximum absolute atomic E-state index is 11.0. The molecule has 0 unspecified atom stereocenters. The fourth-order valence-corrected chi connectivity index (χ4v) is 1.76. The standard InChI is InChI=1S/C8H6BrNO5/c1-13-4-3(8(11)12)6(9)10-7-5(4)14-2-15-7/h2H2,1H3,(H,11,12). The number of aromatic carboxylic acids is 1. The average Bonchev–Trinajstić information content (AvgIpc) is 2.62. The number of hydrogen-bond acceptors (Lipinski definition) is 5. The van der Waals surface area contributed by atoms with Crippen LogP contribution in [0.4, 0.5) is 0 Å². The number of carboxylic acids is 1. The van der Waals surface area contributed by atoms with E-state index >= 15 is 0 Å². The Kier molecular flexibility index (Phi) is 2.39. The molecule has 0 fully saturated rings. The number of nitrogens with zero attached hydrogens (tertiary/aromatic N) is 1. The first-order valence-corrected chi connectivity index (χ1v) is 4.70. The predicted octanol–water partition coefficient (Wildman–Crippen LogP) is 1.28. The zero-order valence-electron chi connectivity index (χ0n) is 7.61. The molecule has 0 aliphatic carbocycles. The first kappa shape index (κ1) is 10.0. The van der Waals surface area contributed by atoms with Gasteiger partial charge in [0.2, 0.25) is 12.5 Å². The summed E-state index contributed by atoms with van der Waals surface area (Å²) in [6.45, 7) is 0.00814. The average molecular weight is 276 g/mol. The zero-order valence-corrected chi connectivity index (χ0v) is 9.20. The van der Waals surface area contributed by atoms with Crippen LogP contribution in [0.2, 0.25) is 0 Å². The predicted molar refractivity (Wildman–Crippen MR) is 51.6 cm³/mol. The largest absolute Gasteiger partial charge is 0.492 e. The third-order valence-corrected chi connectivity index (χ3v) is 2.42. The Labute approximate surface area is 92.9 Å². The highest BCUT2D eigenvalue weighted by Gasteiger charge is 2.29.